The quantitative estimate of drug-likeness (QED) is 0.195. The van der Waals surface area contributed by atoms with Crippen molar-refractivity contribution in [2.45, 2.75) is 32.5 Å². The molecule has 2 heterocycles. The number of carbonyl (C=O) groups excluding carboxylic acids is 1. The molecule has 4 aromatic carbocycles. The summed E-state index contributed by atoms with van der Waals surface area (Å²) in [5.74, 6) is 0.471. The fourth-order valence-electron chi connectivity index (χ4n) is 5.21. The summed E-state index contributed by atoms with van der Waals surface area (Å²) in [5.41, 5.74) is 6.28. The topological polar surface area (TPSA) is 42.4 Å². The molecule has 0 radical (unpaired) electrons. The Morgan fingerprint density at radius 1 is 0.976 bits per heavy atom. The zero-order chi connectivity index (χ0) is 28.3. The van der Waals surface area contributed by atoms with Crippen LogP contribution in [0.5, 0.6) is 5.75 Å². The van der Waals surface area contributed by atoms with Crippen molar-refractivity contribution in [3.63, 3.8) is 0 Å². The standard InChI is InChI=1S/C35H28BrFN2O2/c1-23-17-26-10-15-31(41-22-25-5-3-2-4-6-25)18-27(26)21-39(23)35(40)33-20-30(14-9-24-7-12-29(37)13-8-24)38-34-16-11-28(36)19-32(33)34/h2-16,18-20,23H,17,21-22H2,1H3/b14-9+. The molecule has 6 rings (SSSR count). The van der Waals surface area contributed by atoms with Crippen LogP contribution < -0.4 is 4.74 Å². The lowest BCUT2D eigenvalue weighted by atomic mass is 9.93. The maximum absolute atomic E-state index is 14.2. The van der Waals surface area contributed by atoms with Crippen molar-refractivity contribution in [2.75, 3.05) is 0 Å². The summed E-state index contributed by atoms with van der Waals surface area (Å²) < 4.78 is 20.3. The van der Waals surface area contributed by atoms with Gasteiger partial charge >= 0.3 is 0 Å². The summed E-state index contributed by atoms with van der Waals surface area (Å²) in [5, 5.41) is 0.793. The number of hydrogen-bond acceptors (Lipinski definition) is 3. The highest BCUT2D eigenvalue weighted by Gasteiger charge is 2.29. The van der Waals surface area contributed by atoms with Crippen LogP contribution in [0.15, 0.2) is 102 Å². The first-order valence-electron chi connectivity index (χ1n) is 13.6. The number of nitrogens with zero attached hydrogens (tertiary/aromatic N) is 2. The van der Waals surface area contributed by atoms with E-state index < -0.39 is 0 Å². The summed E-state index contributed by atoms with van der Waals surface area (Å²) in [4.78, 5) is 20.9. The number of carbonyl (C=O) groups is 1. The minimum atomic E-state index is -0.281. The van der Waals surface area contributed by atoms with Gasteiger partial charge in [-0.2, -0.15) is 0 Å². The van der Waals surface area contributed by atoms with Gasteiger partial charge in [0, 0.05) is 22.4 Å². The van der Waals surface area contributed by atoms with Crippen molar-refractivity contribution in [3.8, 4) is 5.75 Å². The van der Waals surface area contributed by atoms with Gasteiger partial charge in [-0.05, 0) is 90.2 Å². The highest BCUT2D eigenvalue weighted by Crippen LogP contribution is 2.31. The highest BCUT2D eigenvalue weighted by atomic mass is 79.9. The lowest BCUT2D eigenvalue weighted by Crippen LogP contribution is -2.42. The van der Waals surface area contributed by atoms with E-state index in [1.54, 1.807) is 12.1 Å². The summed E-state index contributed by atoms with van der Waals surface area (Å²) in [7, 11) is 0. The number of aromatic nitrogens is 1. The summed E-state index contributed by atoms with van der Waals surface area (Å²) in [6.07, 6.45) is 4.50. The minimum absolute atomic E-state index is 0.0275. The van der Waals surface area contributed by atoms with Crippen molar-refractivity contribution in [1.82, 2.24) is 9.88 Å². The Labute approximate surface area is 247 Å². The summed E-state index contributed by atoms with van der Waals surface area (Å²) in [6, 6.07) is 30.2. The van der Waals surface area contributed by atoms with Crippen LogP contribution in [0.25, 0.3) is 23.1 Å². The number of rotatable bonds is 6. The molecule has 5 aromatic rings. The van der Waals surface area contributed by atoms with Crippen LogP contribution in [-0.2, 0) is 19.6 Å². The third kappa shape index (κ3) is 6.08. The molecule has 1 aliphatic rings. The van der Waals surface area contributed by atoms with Gasteiger partial charge in [0.05, 0.1) is 16.8 Å². The third-order valence-corrected chi connectivity index (χ3v) is 7.91. The third-order valence-electron chi connectivity index (χ3n) is 7.41. The fraction of sp³-hybridized carbons (Fsp3) is 0.143. The average molecular weight is 608 g/mol. The van der Waals surface area contributed by atoms with E-state index in [0.717, 1.165) is 44.2 Å². The van der Waals surface area contributed by atoms with E-state index >= 15 is 0 Å². The van der Waals surface area contributed by atoms with E-state index in [1.807, 2.05) is 77.7 Å². The monoisotopic (exact) mass is 606 g/mol. The zero-order valence-corrected chi connectivity index (χ0v) is 24.1. The molecular weight excluding hydrogens is 579 g/mol. The van der Waals surface area contributed by atoms with Gasteiger partial charge in [-0.3, -0.25) is 4.79 Å². The number of hydrogen-bond donors (Lipinski definition) is 0. The lowest BCUT2D eigenvalue weighted by molar-refractivity contribution is 0.0660. The molecule has 0 saturated carbocycles. The average Bonchev–Trinajstić information content (AvgIpc) is 2.99. The zero-order valence-electron chi connectivity index (χ0n) is 22.6. The highest BCUT2D eigenvalue weighted by molar-refractivity contribution is 9.10. The van der Waals surface area contributed by atoms with Gasteiger partial charge in [0.2, 0.25) is 0 Å². The molecule has 1 amide bonds. The van der Waals surface area contributed by atoms with Crippen LogP contribution >= 0.6 is 15.9 Å². The van der Waals surface area contributed by atoms with Gasteiger partial charge in [0.15, 0.2) is 0 Å². The largest absolute Gasteiger partial charge is 0.489 e. The molecule has 0 saturated heterocycles. The van der Waals surface area contributed by atoms with Crippen molar-refractivity contribution in [1.29, 1.82) is 0 Å². The second-order valence-corrected chi connectivity index (χ2v) is 11.2. The van der Waals surface area contributed by atoms with Crippen molar-refractivity contribution < 1.29 is 13.9 Å². The number of pyridine rings is 1. The number of amides is 1. The Morgan fingerprint density at radius 3 is 2.59 bits per heavy atom. The first-order valence-corrected chi connectivity index (χ1v) is 14.4. The first kappa shape index (κ1) is 26.9. The number of ether oxygens (including phenoxy) is 1. The molecule has 0 spiro atoms. The van der Waals surface area contributed by atoms with E-state index in [-0.39, 0.29) is 17.8 Å². The SMILES string of the molecule is CC1Cc2ccc(OCc3ccccc3)cc2CN1C(=O)c1cc(/C=C/c2ccc(F)cc2)nc2ccc(Br)cc12. The normalized spacial score (nSPS) is 14.8. The van der Waals surface area contributed by atoms with Gasteiger partial charge in [-0.15, -0.1) is 0 Å². The van der Waals surface area contributed by atoms with Gasteiger partial charge in [0.1, 0.15) is 18.2 Å². The van der Waals surface area contributed by atoms with Crippen LogP contribution in [0.4, 0.5) is 4.39 Å². The Bertz CT molecular complexity index is 1750. The van der Waals surface area contributed by atoms with E-state index in [1.165, 1.54) is 17.7 Å². The van der Waals surface area contributed by atoms with Crippen molar-refractivity contribution >= 4 is 44.9 Å². The predicted molar refractivity (Wildman–Crippen MR) is 165 cm³/mol. The first-order chi connectivity index (χ1) is 19.9. The summed E-state index contributed by atoms with van der Waals surface area (Å²) >= 11 is 3.56. The molecule has 0 aliphatic carbocycles. The van der Waals surface area contributed by atoms with Gasteiger partial charge < -0.3 is 9.64 Å². The van der Waals surface area contributed by atoms with E-state index in [0.29, 0.717) is 24.4 Å². The van der Waals surface area contributed by atoms with E-state index in [2.05, 4.69) is 35.0 Å². The molecule has 4 nitrogen and oxygen atoms in total. The molecule has 0 bridgehead atoms. The minimum Gasteiger partial charge on any atom is -0.489 e. The van der Waals surface area contributed by atoms with Crippen molar-refractivity contribution in [3.05, 3.63) is 141 Å². The van der Waals surface area contributed by atoms with Crippen molar-refractivity contribution in [2.24, 2.45) is 0 Å². The lowest BCUT2D eigenvalue weighted by Gasteiger charge is -2.35. The number of halogens is 2. The fourth-order valence-corrected chi connectivity index (χ4v) is 5.57. The molecule has 204 valence electrons. The molecule has 0 N–H and O–H groups in total. The van der Waals surface area contributed by atoms with E-state index in [9.17, 15) is 9.18 Å². The Hall–Kier alpha value is -4.29. The second kappa shape index (κ2) is 11.7. The molecule has 1 aliphatic heterocycles. The smallest absolute Gasteiger partial charge is 0.255 e. The van der Waals surface area contributed by atoms with Crippen LogP contribution in [0, 0.1) is 5.82 Å². The molecule has 6 heteroatoms. The molecule has 0 fully saturated rings. The Balaban J connectivity index is 1.30. The maximum atomic E-state index is 14.2. The van der Waals surface area contributed by atoms with E-state index in [4.69, 9.17) is 9.72 Å². The van der Waals surface area contributed by atoms with Crippen LogP contribution in [0.3, 0.4) is 0 Å². The Kier molecular flexibility index (Phi) is 7.66. The Morgan fingerprint density at radius 2 is 1.78 bits per heavy atom. The number of benzene rings is 4. The van der Waals surface area contributed by atoms with Crippen LogP contribution in [0.2, 0.25) is 0 Å². The molecule has 1 unspecified atom stereocenters. The van der Waals surface area contributed by atoms with Gasteiger partial charge in [-0.1, -0.05) is 70.5 Å². The molecular formula is C35H28BrFN2O2. The maximum Gasteiger partial charge on any atom is 0.255 e. The molecule has 1 aromatic heterocycles. The summed E-state index contributed by atoms with van der Waals surface area (Å²) in [6.45, 7) is 3.08. The second-order valence-electron chi connectivity index (χ2n) is 10.3. The molecule has 41 heavy (non-hydrogen) atoms. The predicted octanol–water partition coefficient (Wildman–Crippen LogP) is 8.47. The van der Waals surface area contributed by atoms with Crippen LogP contribution in [-0.4, -0.2) is 21.8 Å². The number of fused-ring (bicyclic) bond motifs is 2. The van der Waals surface area contributed by atoms with Gasteiger partial charge in [-0.25, -0.2) is 9.37 Å². The van der Waals surface area contributed by atoms with Crippen LogP contribution in [0.1, 0.15) is 45.2 Å². The molecule has 1 atom stereocenters. The van der Waals surface area contributed by atoms with Gasteiger partial charge in [0.25, 0.3) is 5.91 Å².